The van der Waals surface area contributed by atoms with Gasteiger partial charge in [-0.25, -0.2) is 14.1 Å². The van der Waals surface area contributed by atoms with Crippen molar-refractivity contribution in [1.29, 1.82) is 0 Å². The van der Waals surface area contributed by atoms with E-state index in [-0.39, 0.29) is 11.6 Å². The van der Waals surface area contributed by atoms with Crippen molar-refractivity contribution in [2.45, 2.75) is 6.42 Å². The van der Waals surface area contributed by atoms with Crippen LogP contribution in [0.25, 0.3) is 11.4 Å². The van der Waals surface area contributed by atoms with Crippen molar-refractivity contribution < 1.29 is 13.9 Å². The molecule has 28 heavy (non-hydrogen) atoms. The first-order chi connectivity index (χ1) is 13.7. The van der Waals surface area contributed by atoms with Crippen LogP contribution in [0.1, 0.15) is 17.0 Å². The van der Waals surface area contributed by atoms with E-state index in [1.54, 1.807) is 43.8 Å². The summed E-state index contributed by atoms with van der Waals surface area (Å²) >= 11 is 0. The molecule has 7 nitrogen and oxygen atoms in total. The van der Waals surface area contributed by atoms with Crippen LogP contribution in [-0.4, -0.2) is 46.7 Å². The van der Waals surface area contributed by atoms with E-state index in [1.165, 1.54) is 17.9 Å². The number of methoxy groups -OCH3 is 2. The number of para-hydroxylation sites is 1. The van der Waals surface area contributed by atoms with Crippen molar-refractivity contribution in [3.05, 3.63) is 78.1 Å². The van der Waals surface area contributed by atoms with E-state index in [4.69, 9.17) is 9.47 Å². The fourth-order valence-corrected chi connectivity index (χ4v) is 2.62. The minimum Gasteiger partial charge on any atom is -0.479 e. The van der Waals surface area contributed by atoms with Crippen LogP contribution in [0.5, 0.6) is 0 Å². The van der Waals surface area contributed by atoms with Crippen LogP contribution < -0.4 is 0 Å². The van der Waals surface area contributed by atoms with Crippen LogP contribution in [0.4, 0.5) is 4.39 Å². The summed E-state index contributed by atoms with van der Waals surface area (Å²) in [6, 6.07) is 9.98. The molecule has 3 aromatic rings. The van der Waals surface area contributed by atoms with Gasteiger partial charge in [0.1, 0.15) is 11.5 Å². The number of aromatic nitrogens is 4. The van der Waals surface area contributed by atoms with E-state index < -0.39 is 5.82 Å². The molecule has 0 aliphatic carbocycles. The van der Waals surface area contributed by atoms with Gasteiger partial charge in [-0.3, -0.25) is 4.98 Å². The van der Waals surface area contributed by atoms with Crippen LogP contribution >= 0.6 is 0 Å². The Hall–Kier alpha value is -3.39. The number of nitrogens with zero attached hydrogens (tertiary/aromatic N) is 5. The molecule has 0 saturated heterocycles. The third-order valence-corrected chi connectivity index (χ3v) is 4.01. The fraction of sp³-hybridized carbons (Fsp3) is 0.200. The highest BCUT2D eigenvalue weighted by Crippen LogP contribution is 2.20. The standard InChI is InChI=1S/C20H20FN5O2/c1-14(15-7-6-11-22-13-15)23-20(28-3)19-18(10-12-27-2)26(25-24-19)17-9-5-4-8-16(17)21/h4-9,11,13H,1,10,12H2,2-3H3. The third-order valence-electron chi connectivity index (χ3n) is 4.01. The Bertz CT molecular complexity index is 985. The van der Waals surface area contributed by atoms with Gasteiger partial charge in [0.25, 0.3) is 0 Å². The van der Waals surface area contributed by atoms with Crippen molar-refractivity contribution in [3.8, 4) is 5.69 Å². The summed E-state index contributed by atoms with van der Waals surface area (Å²) in [5, 5.41) is 8.30. The molecule has 8 heteroatoms. The largest absolute Gasteiger partial charge is 0.479 e. The highest BCUT2D eigenvalue weighted by molar-refractivity contribution is 5.96. The Morgan fingerprint density at radius 3 is 2.71 bits per heavy atom. The van der Waals surface area contributed by atoms with E-state index in [2.05, 4.69) is 26.9 Å². The number of aliphatic imine (C=N–C) groups is 1. The molecule has 0 atom stereocenters. The van der Waals surface area contributed by atoms with Gasteiger partial charge >= 0.3 is 0 Å². The summed E-state index contributed by atoms with van der Waals surface area (Å²) in [4.78, 5) is 8.51. The minimum atomic E-state index is -0.409. The van der Waals surface area contributed by atoms with E-state index >= 15 is 0 Å². The highest BCUT2D eigenvalue weighted by atomic mass is 19.1. The SMILES string of the molecule is C=C(N=C(OC)c1nnn(-c2ccccc2F)c1CCOC)c1cccnc1. The average molecular weight is 381 g/mol. The zero-order valence-electron chi connectivity index (χ0n) is 15.7. The molecular formula is C20H20FN5O2. The van der Waals surface area contributed by atoms with Gasteiger partial charge in [0, 0.05) is 31.5 Å². The Balaban J connectivity index is 2.05. The predicted molar refractivity (Wildman–Crippen MR) is 104 cm³/mol. The molecule has 0 fully saturated rings. The van der Waals surface area contributed by atoms with Crippen molar-refractivity contribution in [1.82, 2.24) is 20.0 Å². The van der Waals surface area contributed by atoms with E-state index in [1.807, 2.05) is 6.07 Å². The van der Waals surface area contributed by atoms with Crippen molar-refractivity contribution in [2.75, 3.05) is 20.8 Å². The molecule has 144 valence electrons. The first kappa shape index (κ1) is 19.4. The molecular weight excluding hydrogens is 361 g/mol. The normalized spacial score (nSPS) is 11.5. The van der Waals surface area contributed by atoms with Crippen LogP contribution in [0.3, 0.4) is 0 Å². The highest BCUT2D eigenvalue weighted by Gasteiger charge is 2.21. The molecule has 2 aromatic heterocycles. The van der Waals surface area contributed by atoms with Crippen molar-refractivity contribution in [2.24, 2.45) is 4.99 Å². The molecule has 2 heterocycles. The maximum Gasteiger partial charge on any atom is 0.244 e. The Morgan fingerprint density at radius 2 is 2.04 bits per heavy atom. The Labute approximate surface area is 162 Å². The van der Waals surface area contributed by atoms with Gasteiger partial charge in [-0.2, -0.15) is 0 Å². The van der Waals surface area contributed by atoms with Gasteiger partial charge in [0.15, 0.2) is 5.69 Å². The number of ether oxygens (including phenoxy) is 2. The lowest BCUT2D eigenvalue weighted by molar-refractivity contribution is 0.200. The van der Waals surface area contributed by atoms with Gasteiger partial charge in [0.2, 0.25) is 5.90 Å². The molecule has 3 rings (SSSR count). The van der Waals surface area contributed by atoms with Crippen LogP contribution in [-0.2, 0) is 15.9 Å². The van der Waals surface area contributed by atoms with Crippen molar-refractivity contribution in [3.63, 3.8) is 0 Å². The van der Waals surface area contributed by atoms with Crippen LogP contribution in [0.2, 0.25) is 0 Å². The number of rotatable bonds is 7. The first-order valence-corrected chi connectivity index (χ1v) is 8.56. The van der Waals surface area contributed by atoms with Crippen LogP contribution in [0.15, 0.2) is 60.4 Å². The zero-order chi connectivity index (χ0) is 19.9. The predicted octanol–water partition coefficient (Wildman–Crippen LogP) is 3.05. The maximum absolute atomic E-state index is 14.3. The minimum absolute atomic E-state index is 0.225. The second-order valence-electron chi connectivity index (χ2n) is 5.80. The smallest absolute Gasteiger partial charge is 0.244 e. The lowest BCUT2D eigenvalue weighted by Gasteiger charge is -2.10. The lowest BCUT2D eigenvalue weighted by Crippen LogP contribution is -2.13. The number of hydrogen-bond donors (Lipinski definition) is 0. The summed E-state index contributed by atoms with van der Waals surface area (Å²) in [5.41, 5.74) is 2.51. The summed E-state index contributed by atoms with van der Waals surface area (Å²) in [6.07, 6.45) is 3.76. The number of pyridine rings is 1. The molecule has 0 spiro atoms. The molecule has 0 aliphatic heterocycles. The summed E-state index contributed by atoms with van der Waals surface area (Å²) in [5.74, 6) is -0.184. The van der Waals surface area contributed by atoms with Crippen LogP contribution in [0, 0.1) is 5.82 Å². The van der Waals surface area contributed by atoms with E-state index in [0.29, 0.717) is 30.1 Å². The fourth-order valence-electron chi connectivity index (χ4n) is 2.62. The molecule has 0 N–H and O–H groups in total. The topological polar surface area (TPSA) is 74.4 Å². The van der Waals surface area contributed by atoms with Gasteiger partial charge in [-0.1, -0.05) is 23.9 Å². The molecule has 0 saturated carbocycles. The Kier molecular flexibility index (Phi) is 6.23. The molecule has 0 unspecified atom stereocenters. The Morgan fingerprint density at radius 1 is 1.21 bits per heavy atom. The van der Waals surface area contributed by atoms with E-state index in [0.717, 1.165) is 5.56 Å². The number of hydrogen-bond acceptors (Lipinski definition) is 6. The second kappa shape index (κ2) is 9.01. The lowest BCUT2D eigenvalue weighted by atomic mass is 10.2. The summed E-state index contributed by atoms with van der Waals surface area (Å²) in [7, 11) is 3.07. The second-order valence-corrected chi connectivity index (χ2v) is 5.80. The van der Waals surface area contributed by atoms with Gasteiger partial charge < -0.3 is 9.47 Å². The monoisotopic (exact) mass is 381 g/mol. The average Bonchev–Trinajstić information content (AvgIpc) is 3.14. The van der Waals surface area contributed by atoms with Gasteiger partial charge in [-0.15, -0.1) is 5.10 Å². The molecule has 1 aromatic carbocycles. The molecule has 0 amide bonds. The van der Waals surface area contributed by atoms with E-state index in [9.17, 15) is 4.39 Å². The van der Waals surface area contributed by atoms with Gasteiger partial charge in [-0.05, 0) is 24.3 Å². The maximum atomic E-state index is 14.3. The molecule has 0 aliphatic rings. The third kappa shape index (κ3) is 4.12. The number of halogens is 1. The summed E-state index contributed by atoms with van der Waals surface area (Å²) in [6.45, 7) is 4.36. The quantitative estimate of drug-likeness (QED) is 0.464. The summed E-state index contributed by atoms with van der Waals surface area (Å²) < 4.78 is 26.4. The first-order valence-electron chi connectivity index (χ1n) is 8.56. The molecule has 0 radical (unpaired) electrons. The van der Waals surface area contributed by atoms with Gasteiger partial charge in [0.05, 0.1) is 25.1 Å². The zero-order valence-corrected chi connectivity index (χ0v) is 15.7. The molecule has 0 bridgehead atoms. The van der Waals surface area contributed by atoms with Crippen molar-refractivity contribution >= 4 is 11.6 Å². The number of benzene rings is 1.